The second kappa shape index (κ2) is 6.22. The van der Waals surface area contributed by atoms with E-state index in [0.717, 1.165) is 11.1 Å². The molecular formula is C17H17NO3. The van der Waals surface area contributed by atoms with E-state index in [-0.39, 0.29) is 11.5 Å². The van der Waals surface area contributed by atoms with Crippen molar-refractivity contribution in [2.75, 3.05) is 7.05 Å². The Morgan fingerprint density at radius 3 is 2.38 bits per heavy atom. The molecule has 0 saturated heterocycles. The number of benzene rings is 2. The number of hydrogen-bond acceptors (Lipinski definition) is 2. The smallest absolute Gasteiger partial charge is 0.335 e. The van der Waals surface area contributed by atoms with Gasteiger partial charge in [0.1, 0.15) is 0 Å². The van der Waals surface area contributed by atoms with Gasteiger partial charge in [-0.3, -0.25) is 4.79 Å². The van der Waals surface area contributed by atoms with E-state index >= 15 is 0 Å². The fourth-order valence-electron chi connectivity index (χ4n) is 2.12. The number of carbonyl (C=O) groups excluding carboxylic acids is 1. The van der Waals surface area contributed by atoms with Crippen molar-refractivity contribution in [2.45, 2.75) is 13.5 Å². The predicted octanol–water partition coefficient (Wildman–Crippen LogP) is 2.97. The molecule has 2 aromatic carbocycles. The lowest BCUT2D eigenvalue weighted by Crippen LogP contribution is -2.26. The van der Waals surface area contributed by atoms with Crippen LogP contribution in [-0.2, 0) is 6.54 Å². The van der Waals surface area contributed by atoms with Crippen LogP contribution in [0.15, 0.2) is 48.5 Å². The van der Waals surface area contributed by atoms with E-state index in [1.165, 1.54) is 12.1 Å². The highest BCUT2D eigenvalue weighted by molar-refractivity contribution is 5.97. The predicted molar refractivity (Wildman–Crippen MR) is 80.4 cm³/mol. The molecule has 2 aromatic rings. The van der Waals surface area contributed by atoms with Crippen LogP contribution in [0.2, 0.25) is 0 Å². The molecule has 0 bridgehead atoms. The van der Waals surface area contributed by atoms with Gasteiger partial charge in [-0.15, -0.1) is 0 Å². The molecule has 0 fully saturated rings. The maximum Gasteiger partial charge on any atom is 0.335 e. The van der Waals surface area contributed by atoms with Crippen molar-refractivity contribution in [2.24, 2.45) is 0 Å². The quantitative estimate of drug-likeness (QED) is 0.938. The zero-order chi connectivity index (χ0) is 15.4. The molecule has 1 amide bonds. The number of nitrogens with zero attached hydrogens (tertiary/aromatic N) is 1. The average Bonchev–Trinajstić information content (AvgIpc) is 2.49. The molecule has 21 heavy (non-hydrogen) atoms. The van der Waals surface area contributed by atoms with Gasteiger partial charge in [-0.2, -0.15) is 0 Å². The zero-order valence-electron chi connectivity index (χ0n) is 12.0. The summed E-state index contributed by atoms with van der Waals surface area (Å²) >= 11 is 0. The molecule has 4 nitrogen and oxygen atoms in total. The van der Waals surface area contributed by atoms with Gasteiger partial charge >= 0.3 is 5.97 Å². The molecule has 0 aliphatic carbocycles. The van der Waals surface area contributed by atoms with E-state index < -0.39 is 5.97 Å². The maximum atomic E-state index is 12.4. The maximum absolute atomic E-state index is 12.4. The SMILES string of the molecule is Cc1ccccc1CN(C)C(=O)c1cccc(C(=O)O)c1. The van der Waals surface area contributed by atoms with Gasteiger partial charge in [-0.05, 0) is 36.2 Å². The summed E-state index contributed by atoms with van der Waals surface area (Å²) in [6, 6.07) is 14.0. The lowest BCUT2D eigenvalue weighted by molar-refractivity contribution is 0.0697. The fourth-order valence-corrected chi connectivity index (χ4v) is 2.12. The second-order valence-corrected chi connectivity index (χ2v) is 4.97. The van der Waals surface area contributed by atoms with Gasteiger partial charge in [0.25, 0.3) is 5.91 Å². The van der Waals surface area contributed by atoms with Crippen LogP contribution in [0.5, 0.6) is 0 Å². The summed E-state index contributed by atoms with van der Waals surface area (Å²) < 4.78 is 0. The van der Waals surface area contributed by atoms with Crippen LogP contribution in [0.1, 0.15) is 31.8 Å². The van der Waals surface area contributed by atoms with Crippen molar-refractivity contribution >= 4 is 11.9 Å². The van der Waals surface area contributed by atoms with Crippen LogP contribution in [-0.4, -0.2) is 28.9 Å². The number of carboxylic acids is 1. The number of hydrogen-bond donors (Lipinski definition) is 1. The van der Waals surface area contributed by atoms with E-state index in [2.05, 4.69) is 0 Å². The highest BCUT2D eigenvalue weighted by atomic mass is 16.4. The van der Waals surface area contributed by atoms with E-state index in [1.54, 1.807) is 24.1 Å². The molecular weight excluding hydrogens is 266 g/mol. The third-order valence-corrected chi connectivity index (χ3v) is 3.37. The van der Waals surface area contributed by atoms with Gasteiger partial charge < -0.3 is 10.0 Å². The summed E-state index contributed by atoms with van der Waals surface area (Å²) in [6.45, 7) is 2.49. The Morgan fingerprint density at radius 1 is 1.05 bits per heavy atom. The lowest BCUT2D eigenvalue weighted by atomic mass is 10.1. The largest absolute Gasteiger partial charge is 0.478 e. The molecule has 4 heteroatoms. The van der Waals surface area contributed by atoms with Crippen molar-refractivity contribution in [1.82, 2.24) is 4.90 Å². The van der Waals surface area contributed by atoms with E-state index in [0.29, 0.717) is 12.1 Å². The van der Waals surface area contributed by atoms with Crippen LogP contribution in [0, 0.1) is 6.92 Å². The van der Waals surface area contributed by atoms with Crippen molar-refractivity contribution in [3.63, 3.8) is 0 Å². The molecule has 2 rings (SSSR count). The van der Waals surface area contributed by atoms with Crippen molar-refractivity contribution in [1.29, 1.82) is 0 Å². The second-order valence-electron chi connectivity index (χ2n) is 4.97. The number of aromatic carboxylic acids is 1. The molecule has 0 aliphatic heterocycles. The summed E-state index contributed by atoms with van der Waals surface area (Å²) in [7, 11) is 1.71. The summed E-state index contributed by atoms with van der Waals surface area (Å²) in [5, 5.41) is 8.98. The van der Waals surface area contributed by atoms with Crippen molar-refractivity contribution in [3.8, 4) is 0 Å². The topological polar surface area (TPSA) is 57.6 Å². The molecule has 0 radical (unpaired) electrons. The monoisotopic (exact) mass is 283 g/mol. The number of carbonyl (C=O) groups is 2. The van der Waals surface area contributed by atoms with Gasteiger partial charge in [-0.1, -0.05) is 30.3 Å². The average molecular weight is 283 g/mol. The van der Waals surface area contributed by atoms with Crippen molar-refractivity contribution in [3.05, 3.63) is 70.8 Å². The zero-order valence-corrected chi connectivity index (χ0v) is 12.0. The highest BCUT2D eigenvalue weighted by Crippen LogP contribution is 2.13. The summed E-state index contributed by atoms with van der Waals surface area (Å²) in [5.74, 6) is -1.23. The summed E-state index contributed by atoms with van der Waals surface area (Å²) in [4.78, 5) is 24.9. The Kier molecular flexibility index (Phi) is 4.38. The Bertz CT molecular complexity index is 679. The first-order valence-corrected chi connectivity index (χ1v) is 6.62. The number of amides is 1. The molecule has 0 spiro atoms. The molecule has 0 atom stereocenters. The molecule has 108 valence electrons. The lowest BCUT2D eigenvalue weighted by Gasteiger charge is -2.18. The van der Waals surface area contributed by atoms with E-state index in [4.69, 9.17) is 5.11 Å². The minimum atomic E-state index is -1.04. The first kappa shape index (κ1) is 14.8. The van der Waals surface area contributed by atoms with Gasteiger partial charge in [0.2, 0.25) is 0 Å². The summed E-state index contributed by atoms with van der Waals surface area (Å²) in [6.07, 6.45) is 0. The van der Waals surface area contributed by atoms with Gasteiger partial charge in [0.15, 0.2) is 0 Å². The van der Waals surface area contributed by atoms with Gasteiger partial charge in [0, 0.05) is 19.2 Å². The molecule has 0 aliphatic rings. The molecule has 1 N–H and O–H groups in total. The number of rotatable bonds is 4. The minimum Gasteiger partial charge on any atom is -0.478 e. The van der Waals surface area contributed by atoms with Crippen LogP contribution < -0.4 is 0 Å². The Labute approximate surface area is 123 Å². The standard InChI is InChI=1S/C17H17NO3/c1-12-6-3-4-7-15(12)11-18(2)16(19)13-8-5-9-14(10-13)17(20)21/h3-10H,11H2,1-2H3,(H,20,21). The van der Waals surface area contributed by atoms with Gasteiger partial charge in [0.05, 0.1) is 5.56 Å². The van der Waals surface area contributed by atoms with Crippen molar-refractivity contribution < 1.29 is 14.7 Å². The molecule has 0 aromatic heterocycles. The first-order chi connectivity index (χ1) is 9.99. The van der Waals surface area contributed by atoms with Gasteiger partial charge in [-0.25, -0.2) is 4.79 Å². The van der Waals surface area contributed by atoms with Crippen LogP contribution in [0.25, 0.3) is 0 Å². The highest BCUT2D eigenvalue weighted by Gasteiger charge is 2.14. The molecule has 0 heterocycles. The Morgan fingerprint density at radius 2 is 1.71 bits per heavy atom. The first-order valence-electron chi connectivity index (χ1n) is 6.62. The Balaban J connectivity index is 2.18. The van der Waals surface area contributed by atoms with E-state index in [9.17, 15) is 9.59 Å². The molecule has 0 unspecified atom stereocenters. The van der Waals surface area contributed by atoms with E-state index in [1.807, 2.05) is 31.2 Å². The summed E-state index contributed by atoms with van der Waals surface area (Å²) in [5.41, 5.74) is 2.69. The van der Waals surface area contributed by atoms with Crippen LogP contribution in [0.3, 0.4) is 0 Å². The van der Waals surface area contributed by atoms with Crippen LogP contribution >= 0.6 is 0 Å². The fraction of sp³-hybridized carbons (Fsp3) is 0.176. The third-order valence-electron chi connectivity index (χ3n) is 3.37. The van der Waals surface area contributed by atoms with Crippen LogP contribution in [0.4, 0.5) is 0 Å². The molecule has 0 saturated carbocycles. The normalized spacial score (nSPS) is 10.2. The Hall–Kier alpha value is -2.62. The minimum absolute atomic E-state index is 0.116. The number of carboxylic acid groups (broad SMARTS) is 1. The third kappa shape index (κ3) is 3.48. The number of aryl methyl sites for hydroxylation is 1.